The van der Waals surface area contributed by atoms with Crippen LogP contribution in [0.3, 0.4) is 0 Å². The van der Waals surface area contributed by atoms with Gasteiger partial charge in [0.05, 0.1) is 16.4 Å². The summed E-state index contributed by atoms with van der Waals surface area (Å²) in [6.07, 6.45) is 2.64. The lowest BCUT2D eigenvalue weighted by Crippen LogP contribution is -2.29. The molecule has 0 saturated heterocycles. The molecule has 0 fully saturated rings. The summed E-state index contributed by atoms with van der Waals surface area (Å²) in [4.78, 5) is 2.15. The molecule has 1 unspecified atom stereocenters. The van der Waals surface area contributed by atoms with Crippen molar-refractivity contribution in [3.05, 3.63) is 16.4 Å². The van der Waals surface area contributed by atoms with Crippen LogP contribution in [0.1, 0.15) is 31.7 Å². The first-order valence-electron chi connectivity index (χ1n) is 6.63. The van der Waals surface area contributed by atoms with Crippen LogP contribution in [0.5, 0.6) is 0 Å². The van der Waals surface area contributed by atoms with Crippen molar-refractivity contribution in [1.82, 2.24) is 14.7 Å². The zero-order valence-electron chi connectivity index (χ0n) is 11.9. The molecule has 0 radical (unpaired) electrons. The lowest BCUT2D eigenvalue weighted by molar-refractivity contribution is 0.377. The van der Waals surface area contributed by atoms with Gasteiger partial charge >= 0.3 is 0 Å². The molecular formula is C13H25ClN4. The Bertz CT molecular complexity index is 373. The number of hydrogen-bond donors (Lipinski definition) is 1. The molecule has 0 aliphatic carbocycles. The summed E-state index contributed by atoms with van der Waals surface area (Å²) in [7, 11) is 4.12. The Balaban J connectivity index is 2.73. The smallest absolute Gasteiger partial charge is 0.0850 e. The number of rotatable bonds is 7. The van der Waals surface area contributed by atoms with Crippen molar-refractivity contribution in [3.8, 4) is 0 Å². The van der Waals surface area contributed by atoms with E-state index in [4.69, 9.17) is 17.3 Å². The van der Waals surface area contributed by atoms with E-state index in [9.17, 15) is 0 Å². The average Bonchev–Trinajstić information content (AvgIpc) is 2.63. The number of nitrogens with two attached hydrogens (primary N) is 1. The van der Waals surface area contributed by atoms with Crippen LogP contribution in [0.25, 0.3) is 0 Å². The summed E-state index contributed by atoms with van der Waals surface area (Å²) in [5.41, 5.74) is 8.24. The van der Waals surface area contributed by atoms with E-state index in [0.29, 0.717) is 0 Å². The minimum Gasteiger partial charge on any atom is -0.327 e. The lowest BCUT2D eigenvalue weighted by Gasteiger charge is -2.16. The summed E-state index contributed by atoms with van der Waals surface area (Å²) in [6, 6.07) is 0.136. The molecule has 1 aromatic heterocycles. The number of aromatic nitrogens is 2. The molecule has 5 heteroatoms. The van der Waals surface area contributed by atoms with Gasteiger partial charge in [0.25, 0.3) is 0 Å². The molecular weight excluding hydrogens is 248 g/mol. The highest BCUT2D eigenvalue weighted by molar-refractivity contribution is 6.31. The summed E-state index contributed by atoms with van der Waals surface area (Å²) < 4.78 is 1.98. The molecule has 0 aromatic carbocycles. The zero-order chi connectivity index (χ0) is 13.7. The van der Waals surface area contributed by atoms with E-state index in [1.54, 1.807) is 0 Å². The maximum absolute atomic E-state index is 6.37. The van der Waals surface area contributed by atoms with Gasteiger partial charge in [-0.25, -0.2) is 0 Å². The second-order valence-corrected chi connectivity index (χ2v) is 5.31. The molecule has 1 aromatic rings. The van der Waals surface area contributed by atoms with E-state index >= 15 is 0 Å². The van der Waals surface area contributed by atoms with E-state index in [-0.39, 0.29) is 6.04 Å². The molecule has 0 aliphatic rings. The summed E-state index contributed by atoms with van der Waals surface area (Å²) in [6.45, 7) is 6.00. The van der Waals surface area contributed by atoms with Crippen molar-refractivity contribution in [3.63, 3.8) is 0 Å². The van der Waals surface area contributed by atoms with Gasteiger partial charge in [-0.1, -0.05) is 18.5 Å². The van der Waals surface area contributed by atoms with Gasteiger partial charge in [0.15, 0.2) is 0 Å². The van der Waals surface area contributed by atoms with Gasteiger partial charge in [-0.05, 0) is 40.4 Å². The van der Waals surface area contributed by atoms with Gasteiger partial charge in [0.2, 0.25) is 0 Å². The van der Waals surface area contributed by atoms with Crippen LogP contribution in [0.4, 0.5) is 0 Å². The minimum absolute atomic E-state index is 0.136. The fraction of sp³-hybridized carbons (Fsp3) is 0.769. The largest absolute Gasteiger partial charge is 0.327 e. The summed E-state index contributed by atoms with van der Waals surface area (Å²) >= 11 is 6.37. The summed E-state index contributed by atoms with van der Waals surface area (Å²) in [5, 5.41) is 5.32. The molecule has 0 aliphatic heterocycles. The third kappa shape index (κ3) is 3.97. The topological polar surface area (TPSA) is 47.1 Å². The fourth-order valence-electron chi connectivity index (χ4n) is 1.99. The standard InChI is InChI=1S/C13H25ClN4/c1-5-11-13(14)12(18(6-2)16-11)9-10(15)7-8-17(3)4/h10H,5-9,15H2,1-4H3. The molecule has 104 valence electrons. The second-order valence-electron chi connectivity index (χ2n) is 4.93. The molecule has 2 N–H and O–H groups in total. The van der Waals surface area contributed by atoms with Gasteiger partial charge in [0, 0.05) is 19.0 Å². The molecule has 0 saturated carbocycles. The first-order valence-corrected chi connectivity index (χ1v) is 7.01. The van der Waals surface area contributed by atoms with Crippen molar-refractivity contribution in [2.45, 2.75) is 45.7 Å². The quantitative estimate of drug-likeness (QED) is 0.825. The Morgan fingerprint density at radius 2 is 2.06 bits per heavy atom. The van der Waals surface area contributed by atoms with Crippen molar-refractivity contribution in [2.24, 2.45) is 5.73 Å². The van der Waals surface area contributed by atoms with Crippen LogP contribution in [-0.2, 0) is 19.4 Å². The SMILES string of the molecule is CCc1nn(CC)c(CC(N)CCN(C)C)c1Cl. The van der Waals surface area contributed by atoms with E-state index in [2.05, 4.69) is 37.9 Å². The lowest BCUT2D eigenvalue weighted by atomic mass is 10.1. The first-order chi connectivity index (χ1) is 8.49. The van der Waals surface area contributed by atoms with Crippen LogP contribution in [0.2, 0.25) is 5.02 Å². The molecule has 1 atom stereocenters. The van der Waals surface area contributed by atoms with Crippen molar-refractivity contribution in [1.29, 1.82) is 0 Å². The van der Waals surface area contributed by atoms with Gasteiger partial charge in [-0.3, -0.25) is 4.68 Å². The van der Waals surface area contributed by atoms with Gasteiger partial charge in [-0.2, -0.15) is 5.10 Å². The predicted molar refractivity (Wildman–Crippen MR) is 77.1 cm³/mol. The van der Waals surface area contributed by atoms with E-state index in [1.165, 1.54) is 0 Å². The van der Waals surface area contributed by atoms with Crippen molar-refractivity contribution >= 4 is 11.6 Å². The van der Waals surface area contributed by atoms with Gasteiger partial charge < -0.3 is 10.6 Å². The Morgan fingerprint density at radius 1 is 1.39 bits per heavy atom. The molecule has 0 bridgehead atoms. The molecule has 18 heavy (non-hydrogen) atoms. The number of hydrogen-bond acceptors (Lipinski definition) is 3. The van der Waals surface area contributed by atoms with E-state index < -0.39 is 0 Å². The number of aryl methyl sites for hydroxylation is 2. The normalized spacial score (nSPS) is 13.3. The first kappa shape index (κ1) is 15.5. The van der Waals surface area contributed by atoms with Crippen LogP contribution >= 0.6 is 11.6 Å². The third-order valence-electron chi connectivity index (χ3n) is 3.10. The Kier molecular flexibility index (Phi) is 6.12. The minimum atomic E-state index is 0.136. The molecule has 0 spiro atoms. The molecule has 4 nitrogen and oxygen atoms in total. The van der Waals surface area contributed by atoms with E-state index in [1.807, 2.05) is 4.68 Å². The van der Waals surface area contributed by atoms with Crippen molar-refractivity contribution < 1.29 is 0 Å². The molecule has 0 amide bonds. The Morgan fingerprint density at radius 3 is 2.56 bits per heavy atom. The highest BCUT2D eigenvalue weighted by Gasteiger charge is 2.16. The van der Waals surface area contributed by atoms with Crippen LogP contribution in [0, 0.1) is 0 Å². The van der Waals surface area contributed by atoms with Crippen LogP contribution in [0.15, 0.2) is 0 Å². The summed E-state index contributed by atoms with van der Waals surface area (Å²) in [5.74, 6) is 0. The molecule has 1 rings (SSSR count). The van der Waals surface area contributed by atoms with Gasteiger partial charge in [-0.15, -0.1) is 0 Å². The Labute approximate surface area is 115 Å². The number of nitrogens with zero attached hydrogens (tertiary/aromatic N) is 3. The maximum Gasteiger partial charge on any atom is 0.0850 e. The monoisotopic (exact) mass is 272 g/mol. The highest BCUT2D eigenvalue weighted by Crippen LogP contribution is 2.23. The highest BCUT2D eigenvalue weighted by atomic mass is 35.5. The Hall–Kier alpha value is -0.580. The van der Waals surface area contributed by atoms with E-state index in [0.717, 1.165) is 48.8 Å². The average molecular weight is 273 g/mol. The fourth-order valence-corrected chi connectivity index (χ4v) is 2.33. The van der Waals surface area contributed by atoms with Gasteiger partial charge in [0.1, 0.15) is 0 Å². The van der Waals surface area contributed by atoms with Crippen molar-refractivity contribution in [2.75, 3.05) is 20.6 Å². The second kappa shape index (κ2) is 7.12. The maximum atomic E-state index is 6.37. The predicted octanol–water partition coefficient (Wildman–Crippen LogP) is 1.94. The van der Waals surface area contributed by atoms with Crippen LogP contribution < -0.4 is 5.73 Å². The third-order valence-corrected chi connectivity index (χ3v) is 3.53. The zero-order valence-corrected chi connectivity index (χ0v) is 12.7. The molecule has 1 heterocycles. The van der Waals surface area contributed by atoms with Crippen LogP contribution in [-0.4, -0.2) is 41.4 Å². The number of halogens is 1.